The molecule has 2 aromatic carbocycles. The number of benzene rings is 2. The van der Waals surface area contributed by atoms with Gasteiger partial charge >= 0.3 is 0 Å². The maximum Gasteiger partial charge on any atom is 0.271 e. The van der Waals surface area contributed by atoms with Crippen LogP contribution in [-0.2, 0) is 16.6 Å². The molecule has 15 heteroatoms. The Bertz CT molecular complexity index is 1600. The van der Waals surface area contributed by atoms with Gasteiger partial charge in [0.2, 0.25) is 12.4 Å². The molecule has 1 fully saturated rings. The van der Waals surface area contributed by atoms with Gasteiger partial charge in [0.1, 0.15) is 28.2 Å². The fourth-order valence-corrected chi connectivity index (χ4v) is 7.05. The van der Waals surface area contributed by atoms with E-state index in [0.29, 0.717) is 16.1 Å². The molecule has 0 N–H and O–H groups in total. The van der Waals surface area contributed by atoms with Crippen molar-refractivity contribution < 1.29 is 39.8 Å². The third-order valence-electron chi connectivity index (χ3n) is 7.23. The number of methoxy groups -OCH3 is 2. The van der Waals surface area contributed by atoms with Gasteiger partial charge in [-0.15, -0.1) is 0 Å². The van der Waals surface area contributed by atoms with Gasteiger partial charge in [0.05, 0.1) is 31.9 Å². The Hall–Kier alpha value is -3.36. The number of ether oxygens (including phenoxy) is 2. The Kier molecular flexibility index (Phi) is 9.62. The van der Waals surface area contributed by atoms with Crippen molar-refractivity contribution in [1.82, 2.24) is 9.88 Å². The van der Waals surface area contributed by atoms with E-state index >= 15 is 8.78 Å². The highest BCUT2D eigenvalue weighted by Crippen LogP contribution is 2.44. The predicted octanol–water partition coefficient (Wildman–Crippen LogP) is 5.59. The minimum atomic E-state index is -5.15. The number of hydrogen-bond acceptors (Lipinski definition) is 7. The first-order chi connectivity index (χ1) is 20.2. The molecule has 0 bridgehead atoms. The van der Waals surface area contributed by atoms with E-state index in [1.54, 1.807) is 19.0 Å². The van der Waals surface area contributed by atoms with Crippen molar-refractivity contribution in [2.24, 2.45) is 5.41 Å². The molecule has 1 unspecified atom stereocenters. The normalized spacial score (nSPS) is 17.2. The summed E-state index contributed by atoms with van der Waals surface area (Å²) >= 11 is 6.28. The summed E-state index contributed by atoms with van der Waals surface area (Å²) in [7, 11) is 0.872. The van der Waals surface area contributed by atoms with Gasteiger partial charge in [-0.25, -0.2) is 35.3 Å². The number of pyridine rings is 1. The second-order valence-corrected chi connectivity index (χ2v) is 12.6. The average molecular weight is 649 g/mol. The summed E-state index contributed by atoms with van der Waals surface area (Å²) in [4.78, 5) is 5.13. The van der Waals surface area contributed by atoms with Crippen LogP contribution in [0.5, 0.6) is 11.5 Å². The first kappa shape index (κ1) is 32.6. The van der Waals surface area contributed by atoms with Crippen LogP contribution in [0.4, 0.5) is 33.5 Å². The third-order valence-corrected chi connectivity index (χ3v) is 9.38. The highest BCUT2D eigenvalue weighted by Gasteiger charge is 2.47. The van der Waals surface area contributed by atoms with Crippen LogP contribution in [0.2, 0.25) is 5.02 Å². The van der Waals surface area contributed by atoms with Crippen LogP contribution in [0.25, 0.3) is 0 Å². The smallest absolute Gasteiger partial charge is 0.271 e. The van der Waals surface area contributed by atoms with Crippen molar-refractivity contribution in [3.63, 3.8) is 0 Å². The molecule has 1 saturated heterocycles. The molecule has 0 spiro atoms. The van der Waals surface area contributed by atoms with E-state index in [1.807, 2.05) is 0 Å². The number of sulfonamides is 1. The highest BCUT2D eigenvalue weighted by atomic mass is 35.5. The van der Waals surface area contributed by atoms with E-state index in [0.717, 1.165) is 12.1 Å². The largest absolute Gasteiger partial charge is 0.497 e. The number of aromatic nitrogens is 1. The molecule has 234 valence electrons. The maximum atomic E-state index is 15.9. The zero-order chi connectivity index (χ0) is 31.7. The number of alkyl halides is 2. The van der Waals surface area contributed by atoms with E-state index in [-0.39, 0.29) is 43.1 Å². The van der Waals surface area contributed by atoms with Gasteiger partial charge in [0, 0.05) is 37.3 Å². The maximum absolute atomic E-state index is 15.9. The molecular weight excluding hydrogens is 619 g/mol. The second kappa shape index (κ2) is 12.7. The minimum Gasteiger partial charge on any atom is -0.497 e. The lowest BCUT2D eigenvalue weighted by atomic mass is 9.87. The monoisotopic (exact) mass is 648 g/mol. The first-order valence-corrected chi connectivity index (χ1v) is 14.8. The topological polar surface area (TPSA) is 75.2 Å². The molecule has 8 nitrogen and oxygen atoms in total. The molecule has 3 aromatic rings. The van der Waals surface area contributed by atoms with Crippen molar-refractivity contribution in [2.45, 2.75) is 24.3 Å². The molecule has 43 heavy (non-hydrogen) atoms. The van der Waals surface area contributed by atoms with Gasteiger partial charge in [0.25, 0.3) is 10.0 Å². The summed E-state index contributed by atoms with van der Waals surface area (Å²) in [5.41, 5.74) is -1.51. The number of halogens is 6. The van der Waals surface area contributed by atoms with Crippen LogP contribution < -0.4 is 18.7 Å². The van der Waals surface area contributed by atoms with Gasteiger partial charge in [-0.05, 0) is 44.8 Å². The highest BCUT2D eigenvalue weighted by molar-refractivity contribution is 7.92. The Balaban J connectivity index is 1.80. The van der Waals surface area contributed by atoms with Crippen LogP contribution >= 0.6 is 11.6 Å². The Morgan fingerprint density at radius 3 is 2.42 bits per heavy atom. The zero-order valence-electron chi connectivity index (χ0n) is 23.8. The number of hydrogen-bond donors (Lipinski definition) is 0. The van der Waals surface area contributed by atoms with Crippen molar-refractivity contribution >= 4 is 33.1 Å². The molecule has 2 heterocycles. The third kappa shape index (κ3) is 6.46. The second-order valence-electron chi connectivity index (χ2n) is 10.4. The van der Waals surface area contributed by atoms with Crippen LogP contribution in [0.1, 0.15) is 12.0 Å². The lowest BCUT2D eigenvalue weighted by Gasteiger charge is -2.32. The number of rotatable bonds is 11. The number of anilines is 2. The quantitative estimate of drug-likeness (QED) is 0.153. The Morgan fingerprint density at radius 1 is 1.09 bits per heavy atom. The first-order valence-electron chi connectivity index (χ1n) is 13.0. The molecule has 0 amide bonds. The van der Waals surface area contributed by atoms with Crippen LogP contribution in [0.15, 0.2) is 47.4 Å². The summed E-state index contributed by atoms with van der Waals surface area (Å²) in [5.74, 6) is -4.07. The fourth-order valence-electron chi connectivity index (χ4n) is 5.21. The van der Waals surface area contributed by atoms with Crippen molar-refractivity contribution in [3.8, 4) is 11.5 Å². The van der Waals surface area contributed by atoms with E-state index in [1.165, 1.54) is 43.4 Å². The summed E-state index contributed by atoms with van der Waals surface area (Å²) in [6.07, 6.45) is -2.71. The van der Waals surface area contributed by atoms with Crippen molar-refractivity contribution in [2.75, 3.05) is 57.2 Å². The van der Waals surface area contributed by atoms with Gasteiger partial charge in [-0.1, -0.05) is 17.7 Å². The Morgan fingerprint density at radius 2 is 1.81 bits per heavy atom. The van der Waals surface area contributed by atoms with Crippen LogP contribution in [0.3, 0.4) is 0 Å². The zero-order valence-corrected chi connectivity index (χ0v) is 25.3. The van der Waals surface area contributed by atoms with E-state index < -0.39 is 61.7 Å². The van der Waals surface area contributed by atoms with Gasteiger partial charge in [-0.3, -0.25) is 0 Å². The number of nitrogens with zero attached hydrogens (tertiary/aromatic N) is 4. The average Bonchev–Trinajstić information content (AvgIpc) is 3.38. The molecule has 1 aromatic heterocycles. The van der Waals surface area contributed by atoms with Crippen molar-refractivity contribution in [3.05, 3.63) is 70.6 Å². The predicted molar refractivity (Wildman–Crippen MR) is 152 cm³/mol. The lowest BCUT2D eigenvalue weighted by molar-refractivity contribution is -0.00654. The standard InChI is InChI=1S/C28H30ClF5N4O4S/c1-36(2)15-28(27(33)34)10-11-37(16-28)20-13-19(30)26(25(32)24(20)29)43(39,40)38(23-7-5-6-22(31)35-23)14-17-8-9-18(41-3)12-21(17)42-4/h5-9,12-13,27H,10-11,14-16H2,1-4H3. The summed E-state index contributed by atoms with van der Waals surface area (Å²) < 4.78 is 113. The van der Waals surface area contributed by atoms with Gasteiger partial charge in [-0.2, -0.15) is 4.39 Å². The lowest BCUT2D eigenvalue weighted by Crippen LogP contribution is -2.42. The summed E-state index contributed by atoms with van der Waals surface area (Å²) in [5, 5.41) is -0.760. The van der Waals surface area contributed by atoms with Crippen LogP contribution in [-0.4, -0.2) is 72.7 Å². The van der Waals surface area contributed by atoms with Gasteiger partial charge < -0.3 is 19.3 Å². The summed E-state index contributed by atoms with van der Waals surface area (Å²) in [6.45, 7) is -0.804. The van der Waals surface area contributed by atoms with E-state index in [2.05, 4.69) is 4.98 Å². The summed E-state index contributed by atoms with van der Waals surface area (Å²) in [6, 6.07) is 8.48. The molecule has 4 rings (SSSR count). The molecule has 1 aliphatic rings. The van der Waals surface area contributed by atoms with E-state index in [4.69, 9.17) is 21.1 Å². The molecule has 0 aliphatic carbocycles. The molecule has 0 saturated carbocycles. The van der Waals surface area contributed by atoms with Gasteiger partial charge in [0.15, 0.2) is 10.7 Å². The SMILES string of the molecule is COc1ccc(CN(c2cccc(F)n2)S(=O)(=O)c2c(F)cc(N3CCC(CN(C)C)(C(F)F)C3)c(Cl)c2F)c(OC)c1. The molecule has 1 atom stereocenters. The van der Waals surface area contributed by atoms with Crippen LogP contribution in [0, 0.1) is 23.0 Å². The molecular formula is C28H30ClF5N4O4S. The fraction of sp³-hybridized carbons (Fsp3) is 0.393. The molecule has 0 radical (unpaired) electrons. The molecule has 1 aliphatic heterocycles. The van der Waals surface area contributed by atoms with Crippen molar-refractivity contribution in [1.29, 1.82) is 0 Å². The minimum absolute atomic E-state index is 0.0134. The van der Waals surface area contributed by atoms with E-state index in [9.17, 15) is 21.6 Å². The Labute approximate surface area is 251 Å².